The Hall–Kier alpha value is -2.85. The number of hydrogen-bond acceptors (Lipinski definition) is 8. The number of aliphatic hydroxyl groups is 3. The van der Waals surface area contributed by atoms with E-state index in [4.69, 9.17) is 9.47 Å². The number of piperidine rings is 1. The number of likely N-dealkylation sites (tertiary alicyclic amines) is 1. The molecule has 0 aliphatic carbocycles. The molecule has 2 fully saturated rings. The molecule has 50 heavy (non-hydrogen) atoms. The van der Waals surface area contributed by atoms with Crippen molar-refractivity contribution in [1.82, 2.24) is 15.1 Å². The van der Waals surface area contributed by atoms with Crippen molar-refractivity contribution in [2.75, 3.05) is 40.9 Å². The highest BCUT2D eigenvalue weighted by Crippen LogP contribution is 2.40. The fourth-order valence-electron chi connectivity index (χ4n) is 7.35. The third-order valence-corrected chi connectivity index (χ3v) is 12.1. The van der Waals surface area contributed by atoms with Crippen molar-refractivity contribution in [3.63, 3.8) is 0 Å². The van der Waals surface area contributed by atoms with E-state index in [9.17, 15) is 24.9 Å². The van der Waals surface area contributed by atoms with E-state index in [0.717, 1.165) is 35.7 Å². The summed E-state index contributed by atoms with van der Waals surface area (Å²) < 4.78 is 11.8. The molecule has 3 aliphatic rings. The first-order valence-electron chi connectivity index (χ1n) is 17.7. The zero-order valence-corrected chi connectivity index (χ0v) is 31.9. The maximum absolute atomic E-state index is 13.6. The molecule has 3 heterocycles. The Bertz CT molecular complexity index is 1600. The van der Waals surface area contributed by atoms with Gasteiger partial charge in [0.15, 0.2) is 0 Å². The van der Waals surface area contributed by atoms with Crippen LogP contribution in [0.15, 0.2) is 30.3 Å². The first-order valence-corrected chi connectivity index (χ1v) is 18.9. The summed E-state index contributed by atoms with van der Waals surface area (Å²) in [6.07, 6.45) is 3.96. The number of carbonyl (C=O) groups excluding carboxylic acids is 2. The van der Waals surface area contributed by atoms with Crippen LogP contribution >= 0.6 is 8.58 Å². The van der Waals surface area contributed by atoms with E-state index in [1.54, 1.807) is 21.0 Å². The lowest BCUT2D eigenvalue weighted by Gasteiger charge is -2.39. The van der Waals surface area contributed by atoms with Crippen LogP contribution in [0.1, 0.15) is 86.4 Å². The fraction of sp³-hybridized carbons (Fsp3) is 0.590. The van der Waals surface area contributed by atoms with Gasteiger partial charge in [-0.1, -0.05) is 32.9 Å². The van der Waals surface area contributed by atoms with Crippen LogP contribution < -0.4 is 15.4 Å². The lowest BCUT2D eigenvalue weighted by Crippen LogP contribution is -2.59. The highest BCUT2D eigenvalue weighted by atomic mass is 31.1. The van der Waals surface area contributed by atoms with Crippen molar-refractivity contribution in [3.8, 4) is 5.75 Å². The molecule has 0 aromatic heterocycles. The van der Waals surface area contributed by atoms with Crippen LogP contribution in [0, 0.1) is 12.3 Å². The van der Waals surface area contributed by atoms with Crippen molar-refractivity contribution >= 4 is 31.8 Å². The number of nitrogens with one attached hydrogen (secondary N) is 1. The van der Waals surface area contributed by atoms with Crippen LogP contribution in [0.3, 0.4) is 0 Å². The van der Waals surface area contributed by atoms with E-state index < -0.39 is 35.4 Å². The molecule has 5 atom stereocenters. The molecule has 2 saturated heterocycles. The summed E-state index contributed by atoms with van der Waals surface area (Å²) in [4.78, 5) is 31.1. The molecule has 1 unspecified atom stereocenters. The van der Waals surface area contributed by atoms with E-state index >= 15 is 0 Å². The number of amides is 2. The van der Waals surface area contributed by atoms with Gasteiger partial charge in [0.2, 0.25) is 11.8 Å². The van der Waals surface area contributed by atoms with Gasteiger partial charge < -0.3 is 39.9 Å². The number of ether oxygens (including phenoxy) is 2. The van der Waals surface area contributed by atoms with Crippen molar-refractivity contribution < 1.29 is 34.4 Å². The van der Waals surface area contributed by atoms with E-state index in [-0.39, 0.29) is 24.8 Å². The van der Waals surface area contributed by atoms with Crippen LogP contribution in [-0.2, 0) is 26.9 Å². The number of hydrogen-bond donors (Lipinski definition) is 4. The molecule has 0 radical (unpaired) electrons. The molecule has 10 nitrogen and oxygen atoms in total. The van der Waals surface area contributed by atoms with Gasteiger partial charge in [-0.25, -0.2) is 0 Å². The fourth-order valence-corrected chi connectivity index (χ4v) is 8.67. The van der Waals surface area contributed by atoms with Crippen LogP contribution in [0.25, 0.3) is 6.08 Å². The highest BCUT2D eigenvalue weighted by Gasteiger charge is 2.40. The first kappa shape index (κ1) is 38.4. The Morgan fingerprint density at radius 1 is 1.10 bits per heavy atom. The summed E-state index contributed by atoms with van der Waals surface area (Å²) >= 11 is 0. The summed E-state index contributed by atoms with van der Waals surface area (Å²) in [5.41, 5.74) is 4.57. The lowest BCUT2D eigenvalue weighted by atomic mass is 9.87. The van der Waals surface area contributed by atoms with Gasteiger partial charge in [0.05, 0.1) is 31.3 Å². The van der Waals surface area contributed by atoms with Crippen LogP contribution in [0.5, 0.6) is 5.75 Å². The summed E-state index contributed by atoms with van der Waals surface area (Å²) in [6.45, 7) is 10.6. The third kappa shape index (κ3) is 8.27. The maximum atomic E-state index is 13.6. The number of rotatable bonds is 9. The number of benzene rings is 2. The number of aryl methyl sites for hydroxylation is 1. The summed E-state index contributed by atoms with van der Waals surface area (Å²) in [7, 11) is 6.23. The SMILES string of the molecule is COc1cc2c(cc1[C@@H]1O[C@H](CO)C[C@H](O)[C@H]1O)Cc1c(C)cc(/C=C/C(C)(C)C(=O)NC(C)(C)C(=O)N3CCC(N(C)C)CC3)cc1CP2. The molecule has 0 bridgehead atoms. The summed E-state index contributed by atoms with van der Waals surface area (Å²) in [5, 5.41) is 35.3. The Labute approximate surface area is 299 Å². The second-order valence-corrected chi connectivity index (χ2v) is 16.8. The van der Waals surface area contributed by atoms with Gasteiger partial charge in [0.1, 0.15) is 23.5 Å². The average Bonchev–Trinajstić information content (AvgIpc) is 3.26. The highest BCUT2D eigenvalue weighted by molar-refractivity contribution is 7.46. The van der Waals surface area contributed by atoms with Gasteiger partial charge in [0.25, 0.3) is 0 Å². The first-order chi connectivity index (χ1) is 23.5. The monoisotopic (exact) mass is 709 g/mol. The number of carbonyl (C=O) groups is 2. The predicted octanol–water partition coefficient (Wildman–Crippen LogP) is 3.44. The van der Waals surface area contributed by atoms with Gasteiger partial charge >= 0.3 is 0 Å². The average molecular weight is 710 g/mol. The second kappa shape index (κ2) is 15.4. The molecule has 4 N–H and O–H groups in total. The minimum absolute atomic E-state index is 0.0508. The predicted molar refractivity (Wildman–Crippen MR) is 198 cm³/mol. The van der Waals surface area contributed by atoms with Crippen LogP contribution in [0.2, 0.25) is 0 Å². The van der Waals surface area contributed by atoms with Gasteiger partial charge in [-0.3, -0.25) is 9.59 Å². The van der Waals surface area contributed by atoms with Crippen molar-refractivity contribution in [3.05, 3.63) is 63.7 Å². The van der Waals surface area contributed by atoms with Crippen LogP contribution in [-0.4, -0.2) is 108 Å². The Kier molecular flexibility index (Phi) is 11.8. The number of aliphatic hydroxyl groups excluding tert-OH is 3. The Balaban J connectivity index is 1.31. The van der Waals surface area contributed by atoms with E-state index in [1.807, 2.05) is 43.0 Å². The lowest BCUT2D eigenvalue weighted by molar-refractivity contribution is -0.180. The molecule has 0 spiro atoms. The number of fused-ring (bicyclic) bond motifs is 2. The molecule has 11 heteroatoms. The molecule has 3 aliphatic heterocycles. The summed E-state index contributed by atoms with van der Waals surface area (Å²) in [6, 6.07) is 8.87. The number of methoxy groups -OCH3 is 1. The smallest absolute Gasteiger partial charge is 0.247 e. The van der Waals surface area contributed by atoms with Crippen molar-refractivity contribution in [2.45, 2.75) is 102 Å². The maximum Gasteiger partial charge on any atom is 0.247 e. The van der Waals surface area contributed by atoms with E-state index in [0.29, 0.717) is 45.4 Å². The largest absolute Gasteiger partial charge is 0.496 e. The zero-order chi connectivity index (χ0) is 36.5. The molecule has 5 rings (SSSR count). The minimum atomic E-state index is -1.13. The van der Waals surface area contributed by atoms with Crippen molar-refractivity contribution in [2.24, 2.45) is 5.41 Å². The standard InChI is InChI=1S/C39H56N3O7P/c1-23-15-24(9-12-38(2,3)36(46)40-39(4,5)37(47)42-13-10-27(11-14-42)41(6)7)16-26-22-50-33-20-32(48-8)30(18-25(33)17-29(23)26)35-34(45)31(44)19-28(21-43)49-35/h9,12,15-16,18,20,27-28,31,34-35,43-45,50H,10-11,13-14,17,19,21-22H2,1-8H3,(H,40,46)/b12-9+/t28-,31-,34+,35-/m0/s1. The van der Waals surface area contributed by atoms with E-state index in [1.165, 1.54) is 16.4 Å². The molecule has 2 amide bonds. The number of nitrogens with zero attached hydrogens (tertiary/aromatic N) is 2. The van der Waals surface area contributed by atoms with Crippen molar-refractivity contribution in [1.29, 1.82) is 0 Å². The van der Waals surface area contributed by atoms with Gasteiger partial charge in [-0.2, -0.15) is 0 Å². The normalized spacial score (nSPS) is 23.9. The molecular formula is C39H56N3O7P. The molecule has 0 saturated carbocycles. The zero-order valence-electron chi connectivity index (χ0n) is 30.9. The van der Waals surface area contributed by atoms with Gasteiger partial charge in [-0.15, -0.1) is 0 Å². The third-order valence-electron chi connectivity index (χ3n) is 10.7. The Morgan fingerprint density at radius 3 is 2.44 bits per heavy atom. The molecular weight excluding hydrogens is 653 g/mol. The van der Waals surface area contributed by atoms with Gasteiger partial charge in [0, 0.05) is 31.1 Å². The quantitative estimate of drug-likeness (QED) is 0.292. The molecule has 274 valence electrons. The van der Waals surface area contributed by atoms with Crippen LogP contribution in [0.4, 0.5) is 0 Å². The minimum Gasteiger partial charge on any atom is -0.496 e. The molecule has 2 aromatic rings. The second-order valence-electron chi connectivity index (χ2n) is 15.5. The molecule has 2 aromatic carbocycles. The van der Waals surface area contributed by atoms with Gasteiger partial charge in [-0.05, 0) is 119 Å². The summed E-state index contributed by atoms with van der Waals surface area (Å²) in [5.74, 6) is 0.343. The Morgan fingerprint density at radius 2 is 1.80 bits per heavy atom. The topological polar surface area (TPSA) is 132 Å². The van der Waals surface area contributed by atoms with E-state index in [2.05, 4.69) is 43.4 Å².